The van der Waals surface area contributed by atoms with Gasteiger partial charge < -0.3 is 19.7 Å². The van der Waals surface area contributed by atoms with Gasteiger partial charge in [0.1, 0.15) is 6.54 Å². The maximum absolute atomic E-state index is 13.8. The van der Waals surface area contributed by atoms with E-state index < -0.39 is 6.04 Å². The third-order valence-corrected chi connectivity index (χ3v) is 5.61. The molecular formula is C26H25ClN2O4. The van der Waals surface area contributed by atoms with Gasteiger partial charge in [-0.1, -0.05) is 41.9 Å². The van der Waals surface area contributed by atoms with Gasteiger partial charge in [-0.3, -0.25) is 9.59 Å². The van der Waals surface area contributed by atoms with Crippen molar-refractivity contribution in [2.45, 2.75) is 19.9 Å². The van der Waals surface area contributed by atoms with Crippen LogP contribution >= 0.6 is 11.6 Å². The van der Waals surface area contributed by atoms with Gasteiger partial charge in [-0.2, -0.15) is 0 Å². The van der Waals surface area contributed by atoms with Crippen LogP contribution in [0, 0.1) is 0 Å². The topological polar surface area (TPSA) is 67.9 Å². The number of nitrogens with zero attached hydrogens (tertiary/aromatic N) is 1. The zero-order valence-corrected chi connectivity index (χ0v) is 19.3. The molecule has 0 aromatic heterocycles. The van der Waals surface area contributed by atoms with Crippen molar-refractivity contribution in [1.29, 1.82) is 0 Å². The van der Waals surface area contributed by atoms with Crippen LogP contribution in [0.3, 0.4) is 0 Å². The maximum Gasteiger partial charge on any atom is 0.255 e. The highest BCUT2D eigenvalue weighted by Crippen LogP contribution is 2.38. The van der Waals surface area contributed by atoms with Gasteiger partial charge in [-0.05, 0) is 55.8 Å². The van der Waals surface area contributed by atoms with Crippen LogP contribution in [-0.2, 0) is 4.79 Å². The van der Waals surface area contributed by atoms with Crippen LogP contribution in [0.1, 0.15) is 41.4 Å². The Morgan fingerprint density at radius 3 is 2.45 bits per heavy atom. The summed E-state index contributed by atoms with van der Waals surface area (Å²) in [5, 5.41) is 3.43. The number of benzene rings is 3. The molecule has 0 bridgehead atoms. The Kier molecular flexibility index (Phi) is 6.84. The van der Waals surface area contributed by atoms with E-state index in [1.54, 1.807) is 41.3 Å². The van der Waals surface area contributed by atoms with Crippen LogP contribution in [-0.4, -0.2) is 36.5 Å². The molecule has 2 amide bonds. The first-order chi connectivity index (χ1) is 16.0. The molecule has 170 valence electrons. The van der Waals surface area contributed by atoms with Crippen molar-refractivity contribution in [3.05, 3.63) is 88.4 Å². The standard InChI is InChI=1S/C26H25ClN2O4/c1-3-32-22-13-10-18(14-23(22)33-4-2)26(31)29-16-24(30)28-21-12-11-19(27)15-20(21)25(29)17-8-6-5-7-9-17/h5-15,25H,3-4,16H2,1-2H3,(H,28,30)/t25-/m1/s1. The molecule has 0 unspecified atom stereocenters. The van der Waals surface area contributed by atoms with E-state index in [0.717, 1.165) is 11.1 Å². The van der Waals surface area contributed by atoms with Crippen LogP contribution in [0.15, 0.2) is 66.7 Å². The largest absolute Gasteiger partial charge is 0.490 e. The van der Waals surface area contributed by atoms with Gasteiger partial charge in [-0.25, -0.2) is 0 Å². The molecule has 4 rings (SSSR count). The normalized spacial score (nSPS) is 15.3. The third kappa shape index (κ3) is 4.81. The van der Waals surface area contributed by atoms with E-state index in [1.807, 2.05) is 44.2 Å². The smallest absolute Gasteiger partial charge is 0.255 e. The SMILES string of the molecule is CCOc1ccc(C(=O)N2CC(=O)Nc3ccc(Cl)cc3[C@H]2c2ccccc2)cc1OCC. The lowest BCUT2D eigenvalue weighted by Gasteiger charge is -2.31. The van der Waals surface area contributed by atoms with Crippen LogP contribution in [0.5, 0.6) is 11.5 Å². The Morgan fingerprint density at radius 2 is 1.73 bits per heavy atom. The molecule has 0 fully saturated rings. The lowest BCUT2D eigenvalue weighted by molar-refractivity contribution is -0.117. The van der Waals surface area contributed by atoms with Gasteiger partial charge in [0, 0.05) is 21.8 Å². The molecule has 3 aromatic carbocycles. The van der Waals surface area contributed by atoms with Gasteiger partial charge in [0.05, 0.1) is 19.3 Å². The minimum atomic E-state index is -0.506. The number of fused-ring (bicyclic) bond motifs is 1. The fourth-order valence-corrected chi connectivity index (χ4v) is 4.19. The molecule has 0 saturated carbocycles. The number of halogens is 1. The average molecular weight is 465 g/mol. The summed E-state index contributed by atoms with van der Waals surface area (Å²) >= 11 is 6.32. The summed E-state index contributed by atoms with van der Waals surface area (Å²) < 4.78 is 11.3. The monoisotopic (exact) mass is 464 g/mol. The van der Waals surface area contributed by atoms with Crippen molar-refractivity contribution in [3.8, 4) is 11.5 Å². The fourth-order valence-electron chi connectivity index (χ4n) is 4.01. The van der Waals surface area contributed by atoms with E-state index in [2.05, 4.69) is 5.32 Å². The van der Waals surface area contributed by atoms with Gasteiger partial charge in [0.2, 0.25) is 5.91 Å². The second-order valence-corrected chi connectivity index (χ2v) is 7.99. The van der Waals surface area contributed by atoms with E-state index in [4.69, 9.17) is 21.1 Å². The van der Waals surface area contributed by atoms with Crippen molar-refractivity contribution >= 4 is 29.1 Å². The predicted octanol–water partition coefficient (Wildman–Crippen LogP) is 5.32. The molecule has 7 heteroatoms. The summed E-state index contributed by atoms with van der Waals surface area (Å²) in [5.74, 6) is 0.488. The Labute approximate surface area is 198 Å². The van der Waals surface area contributed by atoms with Crippen molar-refractivity contribution in [1.82, 2.24) is 4.90 Å². The van der Waals surface area contributed by atoms with Crippen molar-refractivity contribution in [3.63, 3.8) is 0 Å². The molecule has 0 aliphatic carbocycles. The summed E-state index contributed by atoms with van der Waals surface area (Å²) in [4.78, 5) is 28.2. The Bertz CT molecular complexity index is 1170. The summed E-state index contributed by atoms with van der Waals surface area (Å²) in [6, 6.07) is 19.5. The van der Waals surface area contributed by atoms with Crippen LogP contribution in [0.2, 0.25) is 5.02 Å². The molecule has 33 heavy (non-hydrogen) atoms. The molecular weight excluding hydrogens is 440 g/mol. The minimum absolute atomic E-state index is 0.109. The second-order valence-electron chi connectivity index (χ2n) is 7.55. The van der Waals surface area contributed by atoms with Crippen LogP contribution in [0.4, 0.5) is 5.69 Å². The average Bonchev–Trinajstić information content (AvgIpc) is 2.96. The number of carbonyl (C=O) groups excluding carboxylic acids is 2. The number of carbonyl (C=O) groups is 2. The number of nitrogens with one attached hydrogen (secondary N) is 1. The summed E-state index contributed by atoms with van der Waals surface area (Å²) in [7, 11) is 0. The lowest BCUT2D eigenvalue weighted by atomic mass is 9.95. The zero-order chi connectivity index (χ0) is 23.4. The number of ether oxygens (including phenoxy) is 2. The molecule has 0 radical (unpaired) electrons. The van der Waals surface area contributed by atoms with E-state index in [1.165, 1.54) is 0 Å². The van der Waals surface area contributed by atoms with Gasteiger partial charge in [0.25, 0.3) is 5.91 Å². The number of hydrogen-bond acceptors (Lipinski definition) is 4. The first kappa shape index (κ1) is 22.7. The highest BCUT2D eigenvalue weighted by molar-refractivity contribution is 6.30. The first-order valence-electron chi connectivity index (χ1n) is 10.9. The van der Waals surface area contributed by atoms with Crippen molar-refractivity contribution < 1.29 is 19.1 Å². The Morgan fingerprint density at radius 1 is 1.00 bits per heavy atom. The predicted molar refractivity (Wildman–Crippen MR) is 128 cm³/mol. The zero-order valence-electron chi connectivity index (χ0n) is 18.5. The molecule has 0 saturated heterocycles. The van der Waals surface area contributed by atoms with Crippen LogP contribution < -0.4 is 14.8 Å². The third-order valence-electron chi connectivity index (χ3n) is 5.37. The number of anilines is 1. The fraction of sp³-hybridized carbons (Fsp3) is 0.231. The quantitative estimate of drug-likeness (QED) is 0.536. The van der Waals surface area contributed by atoms with Gasteiger partial charge >= 0.3 is 0 Å². The maximum atomic E-state index is 13.8. The summed E-state index contributed by atoms with van der Waals surface area (Å²) in [6.07, 6.45) is 0. The molecule has 3 aromatic rings. The minimum Gasteiger partial charge on any atom is -0.490 e. The molecule has 1 aliphatic rings. The number of hydrogen-bond donors (Lipinski definition) is 1. The number of amides is 2. The van der Waals surface area contributed by atoms with Crippen molar-refractivity contribution in [2.75, 3.05) is 25.1 Å². The summed E-state index contributed by atoms with van der Waals surface area (Å²) in [6.45, 7) is 4.56. The lowest BCUT2D eigenvalue weighted by Crippen LogP contribution is -2.39. The van der Waals surface area contributed by atoms with Crippen LogP contribution in [0.25, 0.3) is 0 Å². The molecule has 1 N–H and O–H groups in total. The second kappa shape index (κ2) is 9.96. The first-order valence-corrected chi connectivity index (χ1v) is 11.2. The van der Waals surface area contributed by atoms with Gasteiger partial charge in [0.15, 0.2) is 11.5 Å². The van der Waals surface area contributed by atoms with Gasteiger partial charge in [-0.15, -0.1) is 0 Å². The Balaban J connectivity index is 1.82. The molecule has 6 nitrogen and oxygen atoms in total. The summed E-state index contributed by atoms with van der Waals surface area (Å²) in [5.41, 5.74) is 2.67. The van der Waals surface area contributed by atoms with E-state index in [0.29, 0.717) is 41.0 Å². The Hall–Kier alpha value is -3.51. The number of rotatable bonds is 6. The molecule has 1 aliphatic heterocycles. The van der Waals surface area contributed by atoms with E-state index in [-0.39, 0.29) is 18.4 Å². The molecule has 1 heterocycles. The highest BCUT2D eigenvalue weighted by atomic mass is 35.5. The van der Waals surface area contributed by atoms with Crippen molar-refractivity contribution in [2.24, 2.45) is 0 Å². The van der Waals surface area contributed by atoms with E-state index in [9.17, 15) is 9.59 Å². The highest BCUT2D eigenvalue weighted by Gasteiger charge is 2.34. The molecule has 0 spiro atoms. The molecule has 1 atom stereocenters. The van der Waals surface area contributed by atoms with E-state index >= 15 is 0 Å².